The van der Waals surface area contributed by atoms with Gasteiger partial charge < -0.3 is 9.47 Å². The molecule has 2 atom stereocenters. The number of carbonyl (C=O) groups is 1. The van der Waals surface area contributed by atoms with Gasteiger partial charge in [0.25, 0.3) is 0 Å². The SMILES string of the molecule is CC1CCCC(C)N(C(=O)Nc2nncn2C)C1. The highest BCUT2D eigenvalue weighted by Crippen LogP contribution is 2.21. The van der Waals surface area contributed by atoms with Crippen molar-refractivity contribution in [2.45, 2.75) is 39.2 Å². The van der Waals surface area contributed by atoms with E-state index in [4.69, 9.17) is 0 Å². The van der Waals surface area contributed by atoms with E-state index < -0.39 is 0 Å². The number of likely N-dealkylation sites (tertiary alicyclic amines) is 1. The van der Waals surface area contributed by atoms with Crippen LogP contribution in [-0.4, -0.2) is 38.3 Å². The second-order valence-electron chi connectivity index (χ2n) is 5.23. The first-order chi connectivity index (χ1) is 8.58. The Morgan fingerprint density at radius 3 is 2.89 bits per heavy atom. The van der Waals surface area contributed by atoms with Gasteiger partial charge in [0, 0.05) is 19.6 Å². The highest BCUT2D eigenvalue weighted by Gasteiger charge is 2.25. The summed E-state index contributed by atoms with van der Waals surface area (Å²) in [7, 11) is 1.81. The number of carbonyl (C=O) groups excluding carboxylic acids is 1. The van der Waals surface area contributed by atoms with Gasteiger partial charge >= 0.3 is 6.03 Å². The molecule has 1 aromatic heterocycles. The lowest BCUT2D eigenvalue weighted by Crippen LogP contribution is -2.42. The molecule has 2 amide bonds. The Balaban J connectivity index is 2.04. The predicted octanol–water partition coefficient (Wildman–Crippen LogP) is 1.86. The van der Waals surface area contributed by atoms with E-state index in [1.807, 2.05) is 11.9 Å². The number of hydrogen-bond donors (Lipinski definition) is 1. The van der Waals surface area contributed by atoms with Crippen LogP contribution in [0.25, 0.3) is 0 Å². The van der Waals surface area contributed by atoms with Crippen LogP contribution in [0.3, 0.4) is 0 Å². The summed E-state index contributed by atoms with van der Waals surface area (Å²) >= 11 is 0. The van der Waals surface area contributed by atoms with E-state index in [0.717, 1.165) is 13.0 Å². The fourth-order valence-electron chi connectivity index (χ4n) is 2.37. The standard InChI is InChI=1S/C12H21N5O/c1-9-5-4-6-10(2)17(7-9)12(18)14-11-15-13-8-16(11)3/h8-10H,4-7H2,1-3H3,(H,14,15,18). The van der Waals surface area contributed by atoms with Gasteiger partial charge in [0.2, 0.25) is 5.95 Å². The van der Waals surface area contributed by atoms with Crippen molar-refractivity contribution >= 4 is 12.0 Å². The molecular formula is C12H21N5O. The molecule has 2 rings (SSSR count). The molecule has 0 saturated carbocycles. The van der Waals surface area contributed by atoms with Crippen molar-refractivity contribution in [3.8, 4) is 0 Å². The average Bonchev–Trinajstić information content (AvgIpc) is 2.62. The number of aryl methyl sites for hydroxylation is 1. The van der Waals surface area contributed by atoms with Gasteiger partial charge in [0.1, 0.15) is 6.33 Å². The molecular weight excluding hydrogens is 230 g/mol. The molecule has 1 aromatic rings. The third-order valence-corrected chi connectivity index (χ3v) is 3.55. The zero-order chi connectivity index (χ0) is 13.1. The molecule has 6 nitrogen and oxygen atoms in total. The number of anilines is 1. The summed E-state index contributed by atoms with van der Waals surface area (Å²) in [5.41, 5.74) is 0. The molecule has 0 spiro atoms. The van der Waals surface area contributed by atoms with Crippen LogP contribution in [0.15, 0.2) is 6.33 Å². The Kier molecular flexibility index (Phi) is 3.84. The van der Waals surface area contributed by atoms with Gasteiger partial charge in [-0.05, 0) is 25.7 Å². The Morgan fingerprint density at radius 1 is 1.44 bits per heavy atom. The number of amides is 2. The van der Waals surface area contributed by atoms with E-state index in [1.165, 1.54) is 12.8 Å². The van der Waals surface area contributed by atoms with Gasteiger partial charge in [-0.15, -0.1) is 10.2 Å². The zero-order valence-electron chi connectivity index (χ0n) is 11.3. The van der Waals surface area contributed by atoms with E-state index in [1.54, 1.807) is 10.9 Å². The first-order valence-corrected chi connectivity index (χ1v) is 6.49. The van der Waals surface area contributed by atoms with E-state index in [2.05, 4.69) is 29.4 Å². The van der Waals surface area contributed by atoms with Crippen LogP contribution in [0.4, 0.5) is 10.7 Å². The molecule has 1 saturated heterocycles. The molecule has 0 aromatic carbocycles. The van der Waals surface area contributed by atoms with Crippen molar-refractivity contribution in [1.29, 1.82) is 0 Å². The monoisotopic (exact) mass is 251 g/mol. The Labute approximate surface area is 107 Å². The maximum absolute atomic E-state index is 12.3. The molecule has 1 aliphatic rings. The summed E-state index contributed by atoms with van der Waals surface area (Å²) in [6.45, 7) is 5.11. The molecule has 1 aliphatic heterocycles. The number of nitrogens with zero attached hydrogens (tertiary/aromatic N) is 4. The minimum atomic E-state index is -0.0765. The van der Waals surface area contributed by atoms with Crippen LogP contribution in [-0.2, 0) is 7.05 Å². The van der Waals surface area contributed by atoms with E-state index in [9.17, 15) is 4.79 Å². The van der Waals surface area contributed by atoms with Crippen molar-refractivity contribution in [3.05, 3.63) is 6.33 Å². The number of hydrogen-bond acceptors (Lipinski definition) is 3. The fourth-order valence-corrected chi connectivity index (χ4v) is 2.37. The summed E-state index contributed by atoms with van der Waals surface area (Å²) in [6.07, 6.45) is 5.02. The van der Waals surface area contributed by atoms with Gasteiger partial charge in [-0.3, -0.25) is 5.32 Å². The van der Waals surface area contributed by atoms with Gasteiger partial charge in [-0.1, -0.05) is 13.3 Å². The largest absolute Gasteiger partial charge is 0.324 e. The van der Waals surface area contributed by atoms with Crippen molar-refractivity contribution in [1.82, 2.24) is 19.7 Å². The van der Waals surface area contributed by atoms with Crippen molar-refractivity contribution in [2.24, 2.45) is 13.0 Å². The summed E-state index contributed by atoms with van der Waals surface area (Å²) in [5, 5.41) is 10.4. The number of nitrogens with one attached hydrogen (secondary N) is 1. The van der Waals surface area contributed by atoms with E-state index in [0.29, 0.717) is 11.9 Å². The van der Waals surface area contributed by atoms with Gasteiger partial charge in [-0.2, -0.15) is 0 Å². The molecule has 2 heterocycles. The maximum Gasteiger partial charge on any atom is 0.324 e. The van der Waals surface area contributed by atoms with Gasteiger partial charge in [0.15, 0.2) is 0 Å². The summed E-state index contributed by atoms with van der Waals surface area (Å²) in [6, 6.07) is 0.204. The van der Waals surface area contributed by atoms with Crippen LogP contribution in [0.5, 0.6) is 0 Å². The molecule has 1 fully saturated rings. The summed E-state index contributed by atoms with van der Waals surface area (Å²) < 4.78 is 1.70. The van der Waals surface area contributed by atoms with E-state index in [-0.39, 0.29) is 12.1 Å². The van der Waals surface area contributed by atoms with Crippen LogP contribution in [0, 0.1) is 5.92 Å². The topological polar surface area (TPSA) is 63.1 Å². The van der Waals surface area contributed by atoms with Crippen molar-refractivity contribution in [3.63, 3.8) is 0 Å². The second kappa shape index (κ2) is 5.37. The predicted molar refractivity (Wildman–Crippen MR) is 69.2 cm³/mol. The second-order valence-corrected chi connectivity index (χ2v) is 5.23. The van der Waals surface area contributed by atoms with Crippen LogP contribution >= 0.6 is 0 Å². The molecule has 0 aliphatic carbocycles. The molecule has 0 bridgehead atoms. The Hall–Kier alpha value is -1.59. The van der Waals surface area contributed by atoms with Gasteiger partial charge in [-0.25, -0.2) is 4.79 Å². The zero-order valence-corrected chi connectivity index (χ0v) is 11.3. The molecule has 2 unspecified atom stereocenters. The fraction of sp³-hybridized carbons (Fsp3) is 0.750. The maximum atomic E-state index is 12.3. The van der Waals surface area contributed by atoms with Crippen molar-refractivity contribution in [2.75, 3.05) is 11.9 Å². The molecule has 18 heavy (non-hydrogen) atoms. The first kappa shape index (κ1) is 12.9. The van der Waals surface area contributed by atoms with Crippen molar-refractivity contribution < 1.29 is 4.79 Å². The number of urea groups is 1. The Morgan fingerprint density at radius 2 is 2.22 bits per heavy atom. The molecule has 0 radical (unpaired) electrons. The number of rotatable bonds is 1. The Bertz CT molecular complexity index is 416. The minimum absolute atomic E-state index is 0.0765. The summed E-state index contributed by atoms with van der Waals surface area (Å²) in [5.74, 6) is 1.05. The van der Waals surface area contributed by atoms with Crippen LogP contribution in [0.2, 0.25) is 0 Å². The van der Waals surface area contributed by atoms with Gasteiger partial charge in [0.05, 0.1) is 0 Å². The highest BCUT2D eigenvalue weighted by molar-refractivity contribution is 5.87. The molecule has 100 valence electrons. The minimum Gasteiger partial charge on any atom is -0.321 e. The first-order valence-electron chi connectivity index (χ1n) is 6.49. The highest BCUT2D eigenvalue weighted by atomic mass is 16.2. The lowest BCUT2D eigenvalue weighted by Gasteiger charge is -2.28. The summed E-state index contributed by atoms with van der Waals surface area (Å²) in [4.78, 5) is 14.2. The lowest BCUT2D eigenvalue weighted by atomic mass is 10.1. The quantitative estimate of drug-likeness (QED) is 0.828. The smallest absolute Gasteiger partial charge is 0.321 e. The van der Waals surface area contributed by atoms with Crippen LogP contribution < -0.4 is 5.32 Å². The normalized spacial score (nSPS) is 24.7. The molecule has 1 N–H and O–H groups in total. The van der Waals surface area contributed by atoms with Crippen LogP contribution in [0.1, 0.15) is 33.1 Å². The number of aromatic nitrogens is 3. The molecule has 6 heteroatoms. The van der Waals surface area contributed by atoms with E-state index >= 15 is 0 Å². The third kappa shape index (κ3) is 2.80. The lowest BCUT2D eigenvalue weighted by molar-refractivity contribution is 0.187. The third-order valence-electron chi connectivity index (χ3n) is 3.55. The average molecular weight is 251 g/mol.